The molecule has 0 aromatic rings. The van der Waals surface area contributed by atoms with Gasteiger partial charge in [-0.05, 0) is 25.3 Å². The lowest BCUT2D eigenvalue weighted by molar-refractivity contribution is 0.0671. The Hall–Kier alpha value is -1.46. The zero-order chi connectivity index (χ0) is 11.2. The molecule has 0 saturated heterocycles. The molecule has 0 aliphatic heterocycles. The van der Waals surface area contributed by atoms with Crippen LogP contribution in [0.15, 0.2) is 36.1 Å². The predicted octanol–water partition coefficient (Wildman–Crippen LogP) is 2.89. The molecule has 16 heavy (non-hydrogen) atoms. The number of aliphatic hydroxyl groups excluding tert-OH is 1. The summed E-state index contributed by atoms with van der Waals surface area (Å²) in [5.74, 6) is 6.24. The van der Waals surface area contributed by atoms with Crippen LogP contribution in [-0.2, 0) is 4.74 Å². The fraction of sp³-hybridized carbons (Fsp3) is 0.429. The summed E-state index contributed by atoms with van der Waals surface area (Å²) in [4.78, 5) is 0. The minimum absolute atomic E-state index is 0.0666. The van der Waals surface area contributed by atoms with Crippen molar-refractivity contribution in [1.29, 1.82) is 0 Å². The average molecular weight is 216 g/mol. The van der Waals surface area contributed by atoms with Gasteiger partial charge in [-0.25, -0.2) is 0 Å². The Morgan fingerprint density at radius 2 is 2.12 bits per heavy atom. The zero-order valence-corrected chi connectivity index (χ0v) is 9.23. The lowest BCUT2D eigenvalue weighted by atomic mass is 10.1. The predicted molar refractivity (Wildman–Crippen MR) is 63.9 cm³/mol. The molecule has 1 N–H and O–H groups in total. The molecule has 0 spiro atoms. The van der Waals surface area contributed by atoms with Crippen LogP contribution in [0.3, 0.4) is 0 Å². The van der Waals surface area contributed by atoms with Gasteiger partial charge in [0.1, 0.15) is 5.76 Å². The van der Waals surface area contributed by atoms with Crippen molar-refractivity contribution in [3.8, 4) is 11.8 Å². The molecule has 2 heteroatoms. The topological polar surface area (TPSA) is 29.5 Å². The molecular weight excluding hydrogens is 200 g/mol. The van der Waals surface area contributed by atoms with Crippen LogP contribution in [0.2, 0.25) is 0 Å². The Bertz CT molecular complexity index is 367. The Morgan fingerprint density at radius 3 is 2.94 bits per heavy atom. The molecule has 0 fully saturated rings. The van der Waals surface area contributed by atoms with Gasteiger partial charge in [0.25, 0.3) is 0 Å². The average Bonchev–Trinajstić information content (AvgIpc) is 2.30. The second-order valence-corrected chi connectivity index (χ2v) is 3.92. The molecule has 0 bridgehead atoms. The monoisotopic (exact) mass is 216 g/mol. The van der Waals surface area contributed by atoms with E-state index in [1.165, 1.54) is 0 Å². The van der Waals surface area contributed by atoms with Crippen LogP contribution in [0.4, 0.5) is 0 Å². The maximum absolute atomic E-state index is 9.79. The van der Waals surface area contributed by atoms with Crippen LogP contribution < -0.4 is 0 Å². The standard InChI is InChI=1S/C14H16O2/c15-13-10-6-1-2-7-11-14(13)16-12-8-4-3-5-9-12/h4-5,8-10,12,14-15H,1-3,6H2/b13-10+. The summed E-state index contributed by atoms with van der Waals surface area (Å²) in [6, 6.07) is 0. The first-order chi connectivity index (χ1) is 7.86. The third-order valence-electron chi connectivity index (χ3n) is 2.58. The highest BCUT2D eigenvalue weighted by Gasteiger charge is 2.16. The van der Waals surface area contributed by atoms with Crippen molar-refractivity contribution in [3.05, 3.63) is 36.1 Å². The summed E-state index contributed by atoms with van der Waals surface area (Å²) in [6.45, 7) is 0. The molecule has 0 saturated carbocycles. The molecule has 0 radical (unpaired) electrons. The van der Waals surface area contributed by atoms with Crippen molar-refractivity contribution >= 4 is 0 Å². The molecule has 0 aromatic heterocycles. The smallest absolute Gasteiger partial charge is 0.175 e. The van der Waals surface area contributed by atoms with E-state index >= 15 is 0 Å². The third kappa shape index (κ3) is 3.01. The third-order valence-corrected chi connectivity index (χ3v) is 2.58. The first kappa shape index (κ1) is 11.0. The van der Waals surface area contributed by atoms with E-state index in [4.69, 9.17) is 4.74 Å². The molecule has 0 heterocycles. The van der Waals surface area contributed by atoms with Crippen LogP contribution in [0.25, 0.3) is 0 Å². The van der Waals surface area contributed by atoms with E-state index in [-0.39, 0.29) is 11.9 Å². The highest BCUT2D eigenvalue weighted by atomic mass is 16.5. The Morgan fingerprint density at radius 1 is 1.31 bits per heavy atom. The quantitative estimate of drug-likeness (QED) is 0.568. The molecule has 0 aromatic carbocycles. The van der Waals surface area contributed by atoms with E-state index in [2.05, 4.69) is 24.0 Å². The Labute approximate surface area is 96.3 Å². The van der Waals surface area contributed by atoms with Crippen LogP contribution in [0.1, 0.15) is 25.7 Å². The van der Waals surface area contributed by atoms with Crippen molar-refractivity contribution in [2.45, 2.75) is 37.9 Å². The van der Waals surface area contributed by atoms with Gasteiger partial charge >= 0.3 is 0 Å². The van der Waals surface area contributed by atoms with Gasteiger partial charge in [0.2, 0.25) is 0 Å². The van der Waals surface area contributed by atoms with Crippen molar-refractivity contribution in [2.24, 2.45) is 0 Å². The maximum Gasteiger partial charge on any atom is 0.175 e. The van der Waals surface area contributed by atoms with Crippen molar-refractivity contribution < 1.29 is 9.84 Å². The van der Waals surface area contributed by atoms with E-state index in [1.807, 2.05) is 18.2 Å². The summed E-state index contributed by atoms with van der Waals surface area (Å²) in [5.41, 5.74) is 0. The van der Waals surface area contributed by atoms with Crippen molar-refractivity contribution in [3.63, 3.8) is 0 Å². The molecule has 2 rings (SSSR count). The number of ether oxygens (including phenoxy) is 1. The summed E-state index contributed by atoms with van der Waals surface area (Å²) in [7, 11) is 0. The maximum atomic E-state index is 9.79. The van der Waals surface area contributed by atoms with Gasteiger partial charge in [0.15, 0.2) is 6.10 Å². The summed E-state index contributed by atoms with van der Waals surface area (Å²) < 4.78 is 5.71. The second kappa shape index (κ2) is 5.58. The molecule has 0 amide bonds. The van der Waals surface area contributed by atoms with E-state index in [0.717, 1.165) is 25.7 Å². The first-order valence-corrected chi connectivity index (χ1v) is 5.72. The Balaban J connectivity index is 2.03. The molecule has 2 aliphatic carbocycles. The fourth-order valence-corrected chi connectivity index (χ4v) is 1.71. The van der Waals surface area contributed by atoms with E-state index in [9.17, 15) is 5.11 Å². The molecule has 1 atom stereocenters. The lowest BCUT2D eigenvalue weighted by Gasteiger charge is -2.18. The Kier molecular flexibility index (Phi) is 3.85. The highest BCUT2D eigenvalue weighted by Crippen LogP contribution is 2.14. The second-order valence-electron chi connectivity index (χ2n) is 3.92. The van der Waals surface area contributed by atoms with E-state index < -0.39 is 6.10 Å². The molecule has 2 aliphatic rings. The van der Waals surface area contributed by atoms with Crippen LogP contribution in [0, 0.1) is 11.8 Å². The number of hydrogen-bond donors (Lipinski definition) is 1. The van der Waals surface area contributed by atoms with Gasteiger partial charge in [-0.3, -0.25) is 0 Å². The number of aliphatic hydroxyl groups is 1. The van der Waals surface area contributed by atoms with Gasteiger partial charge in [-0.2, -0.15) is 0 Å². The molecule has 1 unspecified atom stereocenters. The lowest BCUT2D eigenvalue weighted by Crippen LogP contribution is -2.21. The van der Waals surface area contributed by atoms with Gasteiger partial charge in [-0.1, -0.05) is 30.2 Å². The number of hydrogen-bond acceptors (Lipinski definition) is 2. The number of allylic oxidation sites excluding steroid dienone is 3. The van der Waals surface area contributed by atoms with E-state index in [0.29, 0.717) is 0 Å². The van der Waals surface area contributed by atoms with Gasteiger partial charge < -0.3 is 9.84 Å². The first-order valence-electron chi connectivity index (χ1n) is 5.72. The fourth-order valence-electron chi connectivity index (χ4n) is 1.71. The minimum atomic E-state index is -0.474. The molecule has 2 nitrogen and oxygen atoms in total. The van der Waals surface area contributed by atoms with Crippen molar-refractivity contribution in [1.82, 2.24) is 0 Å². The summed E-state index contributed by atoms with van der Waals surface area (Å²) in [6.07, 6.45) is 13.1. The van der Waals surface area contributed by atoms with Crippen LogP contribution in [0.5, 0.6) is 0 Å². The van der Waals surface area contributed by atoms with Crippen LogP contribution >= 0.6 is 0 Å². The summed E-state index contributed by atoms with van der Waals surface area (Å²) in [5, 5.41) is 9.79. The number of rotatable bonds is 2. The zero-order valence-electron chi connectivity index (χ0n) is 9.23. The normalized spacial score (nSPS) is 28.5. The molecular formula is C14H16O2. The van der Waals surface area contributed by atoms with E-state index in [1.54, 1.807) is 0 Å². The van der Waals surface area contributed by atoms with Gasteiger partial charge in [0.05, 0.1) is 6.10 Å². The van der Waals surface area contributed by atoms with Crippen molar-refractivity contribution in [2.75, 3.05) is 0 Å². The largest absolute Gasteiger partial charge is 0.509 e. The van der Waals surface area contributed by atoms with Gasteiger partial charge in [0, 0.05) is 6.42 Å². The highest BCUT2D eigenvalue weighted by molar-refractivity contribution is 5.20. The molecule has 84 valence electrons. The van der Waals surface area contributed by atoms with Crippen LogP contribution in [-0.4, -0.2) is 17.3 Å². The van der Waals surface area contributed by atoms with Gasteiger partial charge in [-0.15, -0.1) is 5.92 Å². The minimum Gasteiger partial charge on any atom is -0.509 e. The summed E-state index contributed by atoms with van der Waals surface area (Å²) >= 11 is 0. The SMILES string of the molecule is O/C1=C/CCCC#CC1OC1C=CCC=C1.